The summed E-state index contributed by atoms with van der Waals surface area (Å²) in [5.41, 5.74) is 0.765. The third-order valence-electron chi connectivity index (χ3n) is 5.80. The molecule has 0 aromatic heterocycles. The number of esters is 1. The van der Waals surface area contributed by atoms with Crippen LogP contribution in [0.1, 0.15) is 46.5 Å². The molecule has 1 spiro atoms. The smallest absolute Gasteiger partial charge is 0.326 e. The van der Waals surface area contributed by atoms with Gasteiger partial charge in [-0.25, -0.2) is 4.79 Å². The molecule has 1 aromatic carbocycles. The Morgan fingerprint density at radius 3 is 2.42 bits per heavy atom. The van der Waals surface area contributed by atoms with Gasteiger partial charge in [0.05, 0.1) is 0 Å². The minimum Gasteiger partial charge on any atom is -0.454 e. The van der Waals surface area contributed by atoms with E-state index in [0.29, 0.717) is 24.6 Å². The van der Waals surface area contributed by atoms with Crippen molar-refractivity contribution in [3.8, 4) is 0 Å². The summed E-state index contributed by atoms with van der Waals surface area (Å²) in [4.78, 5) is 51.9. The van der Waals surface area contributed by atoms with Gasteiger partial charge in [-0.15, -0.1) is 0 Å². The number of hydrogen-bond donors (Lipinski definition) is 2. The summed E-state index contributed by atoms with van der Waals surface area (Å²) in [5.74, 6) is -1.69. The van der Waals surface area contributed by atoms with Gasteiger partial charge in [-0.2, -0.15) is 0 Å². The highest BCUT2D eigenvalue weighted by Gasteiger charge is 2.52. The van der Waals surface area contributed by atoms with E-state index in [4.69, 9.17) is 4.74 Å². The number of carbonyl (C=O) groups is 4. The molecule has 2 N–H and O–H groups in total. The van der Waals surface area contributed by atoms with Crippen molar-refractivity contribution < 1.29 is 23.9 Å². The van der Waals surface area contributed by atoms with Crippen molar-refractivity contribution in [1.82, 2.24) is 10.2 Å². The van der Waals surface area contributed by atoms with Crippen LogP contribution < -0.4 is 15.5 Å². The number of hydrogen-bond acceptors (Lipinski definition) is 6. The van der Waals surface area contributed by atoms with Crippen LogP contribution in [0.5, 0.6) is 0 Å². The Labute approximate surface area is 182 Å². The van der Waals surface area contributed by atoms with E-state index in [1.807, 2.05) is 12.1 Å². The van der Waals surface area contributed by atoms with E-state index in [1.54, 1.807) is 12.1 Å². The van der Waals surface area contributed by atoms with Crippen molar-refractivity contribution in [1.29, 1.82) is 0 Å². The molecule has 9 nitrogen and oxygen atoms in total. The number of rotatable bonds is 8. The lowest BCUT2D eigenvalue weighted by atomic mass is 9.98. The van der Waals surface area contributed by atoms with E-state index in [-0.39, 0.29) is 5.91 Å². The van der Waals surface area contributed by atoms with Crippen molar-refractivity contribution >= 4 is 35.2 Å². The number of carbonyl (C=O) groups excluding carboxylic acids is 4. The summed E-state index contributed by atoms with van der Waals surface area (Å²) in [7, 11) is 0. The van der Waals surface area contributed by atoms with Crippen LogP contribution in [0, 0.1) is 0 Å². The van der Waals surface area contributed by atoms with Gasteiger partial charge in [0.2, 0.25) is 0 Å². The number of nitrogens with one attached hydrogen (secondary N) is 2. The first-order valence-corrected chi connectivity index (χ1v) is 10.7. The lowest BCUT2D eigenvalue weighted by Crippen LogP contribution is -2.44. The Kier molecular flexibility index (Phi) is 6.82. The zero-order valence-corrected chi connectivity index (χ0v) is 18.3. The minimum absolute atomic E-state index is 0.359. The van der Waals surface area contributed by atoms with Gasteiger partial charge in [-0.1, -0.05) is 12.8 Å². The molecule has 3 rings (SSSR count). The summed E-state index contributed by atoms with van der Waals surface area (Å²) < 4.78 is 4.96. The summed E-state index contributed by atoms with van der Waals surface area (Å²) >= 11 is 0. The van der Waals surface area contributed by atoms with Crippen molar-refractivity contribution in [2.45, 2.75) is 58.0 Å². The van der Waals surface area contributed by atoms with Gasteiger partial charge in [0.1, 0.15) is 12.1 Å². The molecule has 1 saturated carbocycles. The number of imide groups is 1. The number of nitrogens with zero attached hydrogens (tertiary/aromatic N) is 2. The van der Waals surface area contributed by atoms with E-state index in [2.05, 4.69) is 36.3 Å². The molecule has 0 radical (unpaired) electrons. The standard InChI is InChI=1S/C22H30N4O5/c1-4-25(15(2)3)17-9-7-16(8-10-17)23-18(27)14-31-19(28)13-26-20(29)22(24-21(26)30)11-5-6-12-22/h7-10,15H,4-6,11-14H2,1-3H3,(H,23,27)(H,24,30). The van der Waals surface area contributed by atoms with Crippen molar-refractivity contribution in [2.75, 3.05) is 29.9 Å². The molecule has 9 heteroatoms. The van der Waals surface area contributed by atoms with Gasteiger partial charge in [0.15, 0.2) is 6.61 Å². The lowest BCUT2D eigenvalue weighted by molar-refractivity contribution is -0.150. The molecule has 2 fully saturated rings. The van der Waals surface area contributed by atoms with Gasteiger partial charge in [0, 0.05) is 24.0 Å². The molecule has 1 aliphatic heterocycles. The second kappa shape index (κ2) is 9.36. The number of ether oxygens (including phenoxy) is 1. The first kappa shape index (κ1) is 22.6. The Bertz CT molecular complexity index is 846. The van der Waals surface area contributed by atoms with Crippen molar-refractivity contribution in [2.24, 2.45) is 0 Å². The Morgan fingerprint density at radius 2 is 1.84 bits per heavy atom. The molecular weight excluding hydrogens is 400 g/mol. The first-order valence-electron chi connectivity index (χ1n) is 10.7. The van der Waals surface area contributed by atoms with E-state index in [1.165, 1.54) is 0 Å². The molecule has 1 aromatic rings. The average molecular weight is 431 g/mol. The summed E-state index contributed by atoms with van der Waals surface area (Å²) in [6.45, 7) is 6.18. The molecule has 4 amide bonds. The van der Waals surface area contributed by atoms with Gasteiger partial charge >= 0.3 is 12.0 Å². The number of benzene rings is 1. The molecule has 2 aliphatic rings. The van der Waals surface area contributed by atoms with E-state index >= 15 is 0 Å². The summed E-state index contributed by atoms with van der Waals surface area (Å²) in [6, 6.07) is 7.18. The van der Waals surface area contributed by atoms with Crippen LogP contribution in [0.2, 0.25) is 0 Å². The third-order valence-corrected chi connectivity index (χ3v) is 5.80. The van der Waals surface area contributed by atoms with Crippen molar-refractivity contribution in [3.05, 3.63) is 24.3 Å². The minimum atomic E-state index is -0.871. The molecular formula is C22H30N4O5. The van der Waals surface area contributed by atoms with E-state index in [9.17, 15) is 19.2 Å². The lowest BCUT2D eigenvalue weighted by Gasteiger charge is -2.27. The van der Waals surface area contributed by atoms with Crippen LogP contribution in [0.15, 0.2) is 24.3 Å². The molecule has 168 valence electrons. The van der Waals surface area contributed by atoms with Crippen LogP contribution in [0.4, 0.5) is 16.2 Å². The van der Waals surface area contributed by atoms with E-state index < -0.39 is 36.6 Å². The summed E-state index contributed by atoms with van der Waals surface area (Å²) in [6.07, 6.45) is 2.88. The zero-order chi connectivity index (χ0) is 22.6. The number of amides is 4. The highest BCUT2D eigenvalue weighted by molar-refractivity contribution is 6.09. The SMILES string of the molecule is CCN(c1ccc(NC(=O)COC(=O)CN2C(=O)NC3(CCCC3)C2=O)cc1)C(C)C. The highest BCUT2D eigenvalue weighted by atomic mass is 16.5. The van der Waals surface area contributed by atoms with Gasteiger partial charge in [-0.3, -0.25) is 19.3 Å². The largest absolute Gasteiger partial charge is 0.454 e. The first-order chi connectivity index (χ1) is 14.8. The Morgan fingerprint density at radius 1 is 1.19 bits per heavy atom. The quantitative estimate of drug-likeness (QED) is 0.484. The normalized spacial score (nSPS) is 17.2. The fourth-order valence-corrected chi connectivity index (χ4v) is 4.24. The van der Waals surface area contributed by atoms with Gasteiger partial charge in [-0.05, 0) is 57.9 Å². The molecule has 0 bridgehead atoms. The maximum Gasteiger partial charge on any atom is 0.326 e. The van der Waals surface area contributed by atoms with Crippen LogP contribution >= 0.6 is 0 Å². The molecule has 0 atom stereocenters. The molecule has 31 heavy (non-hydrogen) atoms. The van der Waals surface area contributed by atoms with Crippen LogP contribution in [0.25, 0.3) is 0 Å². The second-order valence-corrected chi connectivity index (χ2v) is 8.25. The highest BCUT2D eigenvalue weighted by Crippen LogP contribution is 2.34. The van der Waals surface area contributed by atoms with Gasteiger partial charge < -0.3 is 20.3 Å². The molecule has 1 heterocycles. The second-order valence-electron chi connectivity index (χ2n) is 8.25. The number of urea groups is 1. The number of anilines is 2. The average Bonchev–Trinajstić information content (AvgIpc) is 3.29. The maximum atomic E-state index is 12.5. The molecule has 1 aliphatic carbocycles. The Balaban J connectivity index is 1.47. The summed E-state index contributed by atoms with van der Waals surface area (Å²) in [5, 5.41) is 5.37. The predicted molar refractivity (Wildman–Crippen MR) is 116 cm³/mol. The van der Waals surface area contributed by atoms with Gasteiger partial charge in [0.25, 0.3) is 11.8 Å². The van der Waals surface area contributed by atoms with E-state index in [0.717, 1.165) is 30.0 Å². The molecule has 0 unspecified atom stereocenters. The fraction of sp³-hybridized carbons (Fsp3) is 0.545. The zero-order valence-electron chi connectivity index (χ0n) is 18.3. The van der Waals surface area contributed by atoms with Crippen LogP contribution in [-0.2, 0) is 19.1 Å². The molecule has 1 saturated heterocycles. The monoisotopic (exact) mass is 430 g/mol. The third kappa shape index (κ3) is 4.98. The topological polar surface area (TPSA) is 108 Å². The predicted octanol–water partition coefficient (Wildman–Crippen LogP) is 2.27. The van der Waals surface area contributed by atoms with Crippen LogP contribution in [0.3, 0.4) is 0 Å². The van der Waals surface area contributed by atoms with Crippen LogP contribution in [-0.4, -0.2) is 60.0 Å². The maximum absolute atomic E-state index is 12.5. The fourth-order valence-electron chi connectivity index (χ4n) is 4.24. The Hall–Kier alpha value is -3.10. The van der Waals surface area contributed by atoms with Crippen molar-refractivity contribution in [3.63, 3.8) is 0 Å².